The fourth-order valence-corrected chi connectivity index (χ4v) is 4.22. The smallest absolute Gasteiger partial charge is 0.158 e. The van der Waals surface area contributed by atoms with Crippen LogP contribution in [0.15, 0.2) is 0 Å². The van der Waals surface area contributed by atoms with Crippen molar-refractivity contribution in [1.82, 2.24) is 0 Å². The minimum atomic E-state index is 0.0611. The summed E-state index contributed by atoms with van der Waals surface area (Å²) in [6.07, 6.45) is 16.8. The van der Waals surface area contributed by atoms with Crippen molar-refractivity contribution in [2.24, 2.45) is 0 Å². The lowest BCUT2D eigenvalue weighted by atomic mass is 10.1. The lowest BCUT2D eigenvalue weighted by Crippen LogP contribution is -2.52. The molecule has 3 heteroatoms. The standard InChI is InChI=1S/C23H48NO2/c1-5-9-10-11-12-13-14-15-16-17-18-19-23-25-21-22(26-23)20-24(6-2,7-3)8-4/h22-23H,5-21H2,1-4H3/q+1/t22-,23+/m1/s1. The first-order valence-corrected chi connectivity index (χ1v) is 11.8. The van der Waals surface area contributed by atoms with Gasteiger partial charge in [-0.3, -0.25) is 0 Å². The first kappa shape index (κ1) is 23.9. The molecule has 3 nitrogen and oxygen atoms in total. The molecule has 0 bridgehead atoms. The van der Waals surface area contributed by atoms with E-state index >= 15 is 0 Å². The van der Waals surface area contributed by atoms with Gasteiger partial charge in [0.15, 0.2) is 6.29 Å². The number of hydrogen-bond donors (Lipinski definition) is 0. The van der Waals surface area contributed by atoms with E-state index < -0.39 is 0 Å². The lowest BCUT2D eigenvalue weighted by Gasteiger charge is -2.37. The van der Waals surface area contributed by atoms with Gasteiger partial charge < -0.3 is 14.0 Å². The quantitative estimate of drug-likeness (QED) is 0.221. The second kappa shape index (κ2) is 14.9. The molecule has 1 heterocycles. The van der Waals surface area contributed by atoms with E-state index in [1.807, 2.05) is 0 Å². The molecular formula is C23H48NO2+. The van der Waals surface area contributed by atoms with E-state index in [0.29, 0.717) is 6.10 Å². The fraction of sp³-hybridized carbons (Fsp3) is 1.00. The summed E-state index contributed by atoms with van der Waals surface area (Å²) < 4.78 is 13.2. The van der Waals surface area contributed by atoms with E-state index in [4.69, 9.17) is 9.47 Å². The van der Waals surface area contributed by atoms with E-state index in [1.165, 1.54) is 90.3 Å². The molecule has 2 atom stereocenters. The Hall–Kier alpha value is -0.120. The van der Waals surface area contributed by atoms with Crippen LogP contribution in [0.1, 0.15) is 105 Å². The molecule has 1 aliphatic heterocycles. The van der Waals surface area contributed by atoms with E-state index in [0.717, 1.165) is 24.1 Å². The molecule has 26 heavy (non-hydrogen) atoms. The summed E-state index contributed by atoms with van der Waals surface area (Å²) in [7, 11) is 0. The molecule has 0 aromatic carbocycles. The molecule has 0 unspecified atom stereocenters. The van der Waals surface area contributed by atoms with Gasteiger partial charge in [0.25, 0.3) is 0 Å². The summed E-state index contributed by atoms with van der Waals surface area (Å²) in [5.74, 6) is 0. The highest BCUT2D eigenvalue weighted by Gasteiger charge is 2.33. The highest BCUT2D eigenvalue weighted by molar-refractivity contribution is 4.66. The van der Waals surface area contributed by atoms with Crippen LogP contribution in [0.25, 0.3) is 0 Å². The number of rotatable bonds is 17. The Morgan fingerprint density at radius 2 is 1.19 bits per heavy atom. The Kier molecular flexibility index (Phi) is 13.7. The number of hydrogen-bond acceptors (Lipinski definition) is 2. The first-order chi connectivity index (χ1) is 12.7. The Balaban J connectivity index is 1.98. The third-order valence-corrected chi connectivity index (χ3v) is 6.46. The molecule has 0 aromatic rings. The third kappa shape index (κ3) is 9.71. The van der Waals surface area contributed by atoms with Gasteiger partial charge in [0.05, 0.1) is 26.2 Å². The minimum Gasteiger partial charge on any atom is -0.350 e. The number of nitrogens with zero attached hydrogens (tertiary/aromatic N) is 1. The monoisotopic (exact) mass is 370 g/mol. The molecule has 0 N–H and O–H groups in total. The van der Waals surface area contributed by atoms with Crippen LogP contribution < -0.4 is 0 Å². The van der Waals surface area contributed by atoms with Gasteiger partial charge in [-0.2, -0.15) is 0 Å². The van der Waals surface area contributed by atoms with Crippen molar-refractivity contribution in [1.29, 1.82) is 0 Å². The molecule has 1 saturated heterocycles. The maximum absolute atomic E-state index is 6.18. The van der Waals surface area contributed by atoms with Gasteiger partial charge in [-0.15, -0.1) is 0 Å². The molecule has 1 rings (SSSR count). The fourth-order valence-electron chi connectivity index (χ4n) is 4.22. The van der Waals surface area contributed by atoms with Crippen molar-refractivity contribution in [2.75, 3.05) is 32.8 Å². The average Bonchev–Trinajstić information content (AvgIpc) is 3.11. The van der Waals surface area contributed by atoms with E-state index in [2.05, 4.69) is 27.7 Å². The molecule has 0 radical (unpaired) electrons. The van der Waals surface area contributed by atoms with Crippen molar-refractivity contribution in [3.8, 4) is 0 Å². The van der Waals surface area contributed by atoms with Gasteiger partial charge >= 0.3 is 0 Å². The van der Waals surface area contributed by atoms with Gasteiger partial charge in [0, 0.05) is 0 Å². The van der Waals surface area contributed by atoms with Crippen LogP contribution in [0, 0.1) is 0 Å². The summed E-state index contributed by atoms with van der Waals surface area (Å²) >= 11 is 0. The molecule has 0 saturated carbocycles. The third-order valence-electron chi connectivity index (χ3n) is 6.46. The molecular weight excluding hydrogens is 322 g/mol. The molecule has 0 aliphatic carbocycles. The minimum absolute atomic E-state index is 0.0611. The van der Waals surface area contributed by atoms with Crippen molar-refractivity contribution in [2.45, 2.75) is 117 Å². The Labute approximate surface area is 164 Å². The molecule has 1 aliphatic rings. The highest BCUT2D eigenvalue weighted by Crippen LogP contribution is 2.21. The summed E-state index contributed by atoms with van der Waals surface area (Å²) in [4.78, 5) is 0. The normalized spacial score (nSPS) is 20.8. The maximum atomic E-state index is 6.18. The number of ether oxygens (including phenoxy) is 2. The predicted octanol–water partition coefficient (Wildman–Crippen LogP) is 6.31. The van der Waals surface area contributed by atoms with E-state index in [-0.39, 0.29) is 6.29 Å². The van der Waals surface area contributed by atoms with E-state index in [1.54, 1.807) is 0 Å². The van der Waals surface area contributed by atoms with Crippen LogP contribution in [-0.2, 0) is 9.47 Å². The van der Waals surface area contributed by atoms with E-state index in [9.17, 15) is 0 Å². The molecule has 1 fully saturated rings. The van der Waals surface area contributed by atoms with Crippen molar-refractivity contribution < 1.29 is 14.0 Å². The van der Waals surface area contributed by atoms with Crippen LogP contribution in [-0.4, -0.2) is 49.7 Å². The summed E-state index contributed by atoms with van der Waals surface area (Å²) in [6, 6.07) is 0. The summed E-state index contributed by atoms with van der Waals surface area (Å²) in [5.41, 5.74) is 0. The summed E-state index contributed by atoms with van der Waals surface area (Å²) in [6.45, 7) is 14.7. The maximum Gasteiger partial charge on any atom is 0.158 e. The SMILES string of the molecule is CCCCCCCCCCCCC[C@H]1OC[C@@H](C[N+](CC)(CC)CC)O1. The largest absolute Gasteiger partial charge is 0.350 e. The number of quaternary nitrogens is 1. The molecule has 0 aromatic heterocycles. The van der Waals surface area contributed by atoms with Gasteiger partial charge in [-0.1, -0.05) is 71.1 Å². The van der Waals surface area contributed by atoms with Gasteiger partial charge in [-0.05, 0) is 33.6 Å². The molecule has 0 amide bonds. The van der Waals surface area contributed by atoms with Crippen LogP contribution in [0.4, 0.5) is 0 Å². The van der Waals surface area contributed by atoms with Crippen LogP contribution >= 0.6 is 0 Å². The zero-order chi connectivity index (χ0) is 19.1. The Bertz CT molecular complexity index is 309. The highest BCUT2D eigenvalue weighted by atomic mass is 16.7. The number of likely N-dealkylation sites (N-methyl/N-ethyl adjacent to an activating group) is 1. The van der Waals surface area contributed by atoms with Crippen LogP contribution in [0.5, 0.6) is 0 Å². The van der Waals surface area contributed by atoms with Crippen molar-refractivity contribution >= 4 is 0 Å². The van der Waals surface area contributed by atoms with Gasteiger partial charge in [-0.25, -0.2) is 0 Å². The van der Waals surface area contributed by atoms with Crippen LogP contribution in [0.2, 0.25) is 0 Å². The molecule has 156 valence electrons. The van der Waals surface area contributed by atoms with Crippen LogP contribution in [0.3, 0.4) is 0 Å². The van der Waals surface area contributed by atoms with Crippen molar-refractivity contribution in [3.05, 3.63) is 0 Å². The summed E-state index contributed by atoms with van der Waals surface area (Å²) in [5, 5.41) is 0. The molecule has 0 spiro atoms. The topological polar surface area (TPSA) is 18.5 Å². The van der Waals surface area contributed by atoms with Gasteiger partial charge in [0.1, 0.15) is 12.6 Å². The average molecular weight is 371 g/mol. The zero-order valence-electron chi connectivity index (χ0n) is 18.4. The Morgan fingerprint density at radius 1 is 0.692 bits per heavy atom. The predicted molar refractivity (Wildman–Crippen MR) is 112 cm³/mol. The Morgan fingerprint density at radius 3 is 1.69 bits per heavy atom. The lowest BCUT2D eigenvalue weighted by molar-refractivity contribution is -0.925. The van der Waals surface area contributed by atoms with Crippen molar-refractivity contribution in [3.63, 3.8) is 0 Å². The van der Waals surface area contributed by atoms with Gasteiger partial charge in [0.2, 0.25) is 0 Å². The zero-order valence-corrected chi connectivity index (χ0v) is 18.4. The second-order valence-corrected chi connectivity index (χ2v) is 8.32. The second-order valence-electron chi connectivity index (χ2n) is 8.32. The number of unbranched alkanes of at least 4 members (excludes halogenated alkanes) is 10. The first-order valence-electron chi connectivity index (χ1n) is 11.8.